The van der Waals surface area contributed by atoms with Crippen LogP contribution < -0.4 is 5.32 Å². The van der Waals surface area contributed by atoms with Crippen molar-refractivity contribution in [1.82, 2.24) is 5.32 Å². The third-order valence-corrected chi connectivity index (χ3v) is 3.41. The number of nitrogens with zero attached hydrogens (tertiary/aromatic N) is 1. The second kappa shape index (κ2) is 13.5. The number of unbranched alkanes of at least 4 members (excludes halogenated alkanes) is 7. The maximum absolute atomic E-state index is 11.4. The van der Waals surface area contributed by atoms with Gasteiger partial charge in [-0.25, -0.2) is 4.79 Å². The Morgan fingerprint density at radius 2 is 1.62 bits per heavy atom. The third kappa shape index (κ3) is 12.0. The van der Waals surface area contributed by atoms with Crippen molar-refractivity contribution in [3.63, 3.8) is 0 Å². The molecule has 6 nitrogen and oxygen atoms in total. The number of aliphatic carboxylic acids is 1. The van der Waals surface area contributed by atoms with E-state index in [1.165, 1.54) is 38.5 Å². The van der Waals surface area contributed by atoms with E-state index >= 15 is 0 Å². The molecule has 0 rings (SSSR count). The summed E-state index contributed by atoms with van der Waals surface area (Å²) in [6.45, 7) is 2.81. The maximum atomic E-state index is 11.4. The highest BCUT2D eigenvalue weighted by atomic mass is 16.4. The highest BCUT2D eigenvalue weighted by Crippen LogP contribution is 2.08. The van der Waals surface area contributed by atoms with Crippen LogP contribution in [0.15, 0.2) is 5.18 Å². The average Bonchev–Trinajstić information content (AvgIpc) is 2.45. The van der Waals surface area contributed by atoms with Gasteiger partial charge in [-0.05, 0) is 12.8 Å². The van der Waals surface area contributed by atoms with Gasteiger partial charge in [-0.1, -0.05) is 57.0 Å². The number of carbonyl (C=O) groups excluding carboxylic acids is 1. The smallest absolute Gasteiger partial charge is 0.332 e. The van der Waals surface area contributed by atoms with E-state index in [0.29, 0.717) is 6.54 Å². The summed E-state index contributed by atoms with van der Waals surface area (Å²) in [7, 11) is 0. The van der Waals surface area contributed by atoms with E-state index in [0.717, 1.165) is 12.8 Å². The summed E-state index contributed by atoms with van der Waals surface area (Å²) in [5.74, 6) is -1.49. The Balaban J connectivity index is 3.41. The Morgan fingerprint density at radius 1 is 1.05 bits per heavy atom. The summed E-state index contributed by atoms with van der Waals surface area (Å²) in [5.41, 5.74) is 0. The predicted molar refractivity (Wildman–Crippen MR) is 82.1 cm³/mol. The van der Waals surface area contributed by atoms with E-state index in [1.807, 2.05) is 0 Å². The number of carboxylic acids is 1. The number of carboxylic acid groups (broad SMARTS) is 1. The number of rotatable bonds is 14. The molecule has 2 N–H and O–H groups in total. The van der Waals surface area contributed by atoms with Crippen LogP contribution in [0.1, 0.15) is 71.1 Å². The molecule has 0 heterocycles. The van der Waals surface area contributed by atoms with Crippen molar-refractivity contribution in [2.24, 2.45) is 5.18 Å². The molecule has 0 aliphatic rings. The molecule has 0 bridgehead atoms. The van der Waals surface area contributed by atoms with Crippen molar-refractivity contribution < 1.29 is 14.7 Å². The van der Waals surface area contributed by atoms with Gasteiger partial charge < -0.3 is 10.4 Å². The minimum atomic E-state index is -1.32. The number of nitroso groups, excluding NO2 is 1. The summed E-state index contributed by atoms with van der Waals surface area (Å²) in [4.78, 5) is 32.2. The minimum Gasteiger partial charge on any atom is -0.480 e. The Bertz CT molecular complexity index is 308. The van der Waals surface area contributed by atoms with Crippen molar-refractivity contribution in [2.45, 2.75) is 77.2 Å². The van der Waals surface area contributed by atoms with Gasteiger partial charge in [-0.3, -0.25) is 4.79 Å². The summed E-state index contributed by atoms with van der Waals surface area (Å²) in [5, 5.41) is 13.8. The second-order valence-corrected chi connectivity index (χ2v) is 5.32. The van der Waals surface area contributed by atoms with E-state index in [2.05, 4.69) is 17.4 Å². The van der Waals surface area contributed by atoms with Crippen molar-refractivity contribution in [2.75, 3.05) is 6.54 Å². The lowest BCUT2D eigenvalue weighted by Gasteiger charge is -2.06. The molecule has 0 saturated carbocycles. The van der Waals surface area contributed by atoms with Gasteiger partial charge in [0.2, 0.25) is 5.91 Å². The van der Waals surface area contributed by atoms with Crippen LogP contribution in [0.25, 0.3) is 0 Å². The van der Waals surface area contributed by atoms with E-state index in [9.17, 15) is 14.5 Å². The Morgan fingerprint density at radius 3 is 2.14 bits per heavy atom. The molecule has 0 aromatic carbocycles. The van der Waals surface area contributed by atoms with Gasteiger partial charge in [0.05, 0.1) is 0 Å². The van der Waals surface area contributed by atoms with Crippen LogP contribution in [-0.2, 0) is 9.59 Å². The summed E-state index contributed by atoms with van der Waals surface area (Å²) in [6, 6.07) is -1.32. The lowest BCUT2D eigenvalue weighted by Crippen LogP contribution is -2.26. The van der Waals surface area contributed by atoms with E-state index in [1.54, 1.807) is 0 Å². The molecular formula is C15H28N2O4. The van der Waals surface area contributed by atoms with Gasteiger partial charge in [0.25, 0.3) is 0 Å². The van der Waals surface area contributed by atoms with Crippen molar-refractivity contribution >= 4 is 11.9 Å². The maximum Gasteiger partial charge on any atom is 0.332 e. The summed E-state index contributed by atoms with van der Waals surface area (Å²) in [6.07, 6.45) is 9.63. The van der Waals surface area contributed by atoms with Gasteiger partial charge in [0.15, 0.2) is 6.04 Å². The minimum absolute atomic E-state index is 0.0275. The number of carbonyl (C=O) groups is 2. The summed E-state index contributed by atoms with van der Waals surface area (Å²) >= 11 is 0. The van der Waals surface area contributed by atoms with Crippen LogP contribution in [0, 0.1) is 4.91 Å². The van der Waals surface area contributed by atoms with Crippen LogP contribution >= 0.6 is 0 Å². The lowest BCUT2D eigenvalue weighted by molar-refractivity contribution is -0.138. The van der Waals surface area contributed by atoms with Gasteiger partial charge >= 0.3 is 5.97 Å². The quantitative estimate of drug-likeness (QED) is 0.380. The van der Waals surface area contributed by atoms with Crippen molar-refractivity contribution in [1.29, 1.82) is 0 Å². The molecule has 0 aromatic heterocycles. The Kier molecular flexibility index (Phi) is 12.6. The third-order valence-electron chi connectivity index (χ3n) is 3.41. The van der Waals surface area contributed by atoms with Crippen molar-refractivity contribution in [3.05, 3.63) is 4.91 Å². The molecule has 122 valence electrons. The predicted octanol–water partition coefficient (Wildman–Crippen LogP) is 3.24. The van der Waals surface area contributed by atoms with E-state index in [4.69, 9.17) is 5.11 Å². The molecule has 0 aromatic rings. The topological polar surface area (TPSA) is 95.8 Å². The van der Waals surface area contributed by atoms with Crippen LogP contribution in [0.2, 0.25) is 0 Å². The normalized spacial score (nSPS) is 11.9. The molecule has 0 fully saturated rings. The van der Waals surface area contributed by atoms with Crippen molar-refractivity contribution in [3.8, 4) is 0 Å². The molecule has 0 radical (unpaired) electrons. The molecule has 21 heavy (non-hydrogen) atoms. The zero-order valence-corrected chi connectivity index (χ0v) is 13.0. The molecule has 1 amide bonds. The number of amides is 1. The van der Waals surface area contributed by atoms with Crippen LogP contribution in [-0.4, -0.2) is 29.6 Å². The van der Waals surface area contributed by atoms with Crippen LogP contribution in [0.3, 0.4) is 0 Å². The molecule has 0 saturated heterocycles. The van der Waals surface area contributed by atoms with Gasteiger partial charge in [0, 0.05) is 13.0 Å². The molecule has 0 aliphatic heterocycles. The Hall–Kier alpha value is -1.46. The fraction of sp³-hybridized carbons (Fsp3) is 0.867. The van der Waals surface area contributed by atoms with E-state index < -0.39 is 12.0 Å². The fourth-order valence-corrected chi connectivity index (χ4v) is 2.06. The van der Waals surface area contributed by atoms with Gasteiger partial charge in [-0.2, -0.15) is 0 Å². The number of hydrogen-bond donors (Lipinski definition) is 2. The van der Waals surface area contributed by atoms with E-state index in [-0.39, 0.29) is 18.7 Å². The number of nitrogens with one attached hydrogen (secondary N) is 1. The molecule has 0 aliphatic carbocycles. The first kappa shape index (κ1) is 19.5. The lowest BCUT2D eigenvalue weighted by atomic mass is 10.1. The monoisotopic (exact) mass is 300 g/mol. The largest absolute Gasteiger partial charge is 0.480 e. The average molecular weight is 300 g/mol. The number of hydrogen-bond acceptors (Lipinski definition) is 4. The van der Waals surface area contributed by atoms with Gasteiger partial charge in [-0.15, -0.1) is 4.91 Å². The summed E-state index contributed by atoms with van der Waals surface area (Å²) < 4.78 is 0. The fourth-order valence-electron chi connectivity index (χ4n) is 2.06. The SMILES string of the molecule is CCCCCCCCCCNC(=O)CC[C@H](N=O)C(=O)O. The molecular weight excluding hydrogens is 272 g/mol. The molecule has 0 spiro atoms. The second-order valence-electron chi connectivity index (χ2n) is 5.32. The first-order valence-corrected chi connectivity index (χ1v) is 7.93. The molecule has 6 heteroatoms. The zero-order chi connectivity index (χ0) is 15.9. The first-order valence-electron chi connectivity index (χ1n) is 7.93. The Labute approximate surface area is 126 Å². The van der Waals surface area contributed by atoms with Gasteiger partial charge in [0.1, 0.15) is 0 Å². The zero-order valence-electron chi connectivity index (χ0n) is 13.0. The highest BCUT2D eigenvalue weighted by Gasteiger charge is 2.18. The van der Waals surface area contributed by atoms with Crippen LogP contribution in [0.4, 0.5) is 0 Å². The molecule has 0 unspecified atom stereocenters. The molecule has 1 atom stereocenters. The highest BCUT2D eigenvalue weighted by molar-refractivity contribution is 5.78. The van der Waals surface area contributed by atoms with Crippen LogP contribution in [0.5, 0.6) is 0 Å². The standard InChI is InChI=1S/C15H28N2O4/c1-2-3-4-5-6-7-8-9-12-16-14(18)11-10-13(17-21)15(19)20/h13H,2-12H2,1H3,(H,16,18)(H,19,20)/t13-/m0/s1. The first-order chi connectivity index (χ1) is 10.1.